The lowest BCUT2D eigenvalue weighted by Crippen LogP contribution is -2.08. The minimum Gasteiger partial charge on any atom is -0.395 e. The van der Waals surface area contributed by atoms with E-state index in [4.69, 9.17) is 5.11 Å². The van der Waals surface area contributed by atoms with Crippen LogP contribution in [0.2, 0.25) is 0 Å². The fourth-order valence-electron chi connectivity index (χ4n) is 2.14. The Morgan fingerprint density at radius 2 is 2.23 bits per heavy atom. The van der Waals surface area contributed by atoms with Gasteiger partial charge in [0.1, 0.15) is 5.52 Å². The first-order chi connectivity index (χ1) is 10.7. The third-order valence-corrected chi connectivity index (χ3v) is 3.22. The Balaban J connectivity index is 2.10. The molecule has 3 rings (SSSR count). The second kappa shape index (κ2) is 5.90. The van der Waals surface area contributed by atoms with Gasteiger partial charge in [-0.3, -0.25) is 4.79 Å². The van der Waals surface area contributed by atoms with Crippen molar-refractivity contribution < 1.29 is 9.90 Å². The van der Waals surface area contributed by atoms with Gasteiger partial charge in [-0.05, 0) is 13.0 Å². The van der Waals surface area contributed by atoms with E-state index in [1.807, 2.05) is 6.07 Å². The van der Waals surface area contributed by atoms with Crippen molar-refractivity contribution in [1.29, 1.82) is 0 Å². The molecule has 1 aromatic carbocycles. The number of carbonyl (C=O) groups is 1. The summed E-state index contributed by atoms with van der Waals surface area (Å²) in [5, 5.41) is 12.0. The topological polar surface area (TPSA) is 104 Å². The van der Waals surface area contributed by atoms with Gasteiger partial charge in [-0.2, -0.15) is 0 Å². The van der Waals surface area contributed by atoms with E-state index in [1.165, 1.54) is 6.92 Å². The van der Waals surface area contributed by atoms with Gasteiger partial charge in [0.05, 0.1) is 12.9 Å². The van der Waals surface area contributed by atoms with Crippen LogP contribution in [-0.2, 0) is 0 Å². The number of carbonyl (C=O) groups excluding carboxylic acids is 1. The summed E-state index contributed by atoms with van der Waals surface area (Å²) in [6, 6.07) is 7.15. The summed E-state index contributed by atoms with van der Waals surface area (Å²) in [7, 11) is 0. The molecule has 0 spiro atoms. The van der Waals surface area contributed by atoms with Crippen LogP contribution in [0.3, 0.4) is 0 Å². The molecule has 7 nitrogen and oxygen atoms in total. The number of H-pyrrole nitrogens is 1. The zero-order valence-electron chi connectivity index (χ0n) is 12.0. The molecule has 0 radical (unpaired) electrons. The molecule has 0 saturated heterocycles. The summed E-state index contributed by atoms with van der Waals surface area (Å²) in [4.78, 5) is 27.5. The van der Waals surface area contributed by atoms with Crippen molar-refractivity contribution in [3.63, 3.8) is 0 Å². The van der Waals surface area contributed by atoms with Crippen LogP contribution in [0.1, 0.15) is 17.3 Å². The first kappa shape index (κ1) is 14.2. The third kappa shape index (κ3) is 2.66. The summed E-state index contributed by atoms with van der Waals surface area (Å²) in [5.41, 5.74) is 2.55. The molecule has 0 aliphatic rings. The normalized spacial score (nSPS) is 10.8. The average Bonchev–Trinajstić information content (AvgIpc) is 3.01. The number of rotatable bonds is 5. The van der Waals surface area contributed by atoms with Crippen LogP contribution in [0.5, 0.6) is 0 Å². The van der Waals surface area contributed by atoms with E-state index in [-0.39, 0.29) is 12.4 Å². The Kier molecular flexibility index (Phi) is 3.80. The quantitative estimate of drug-likeness (QED) is 0.618. The van der Waals surface area contributed by atoms with Crippen molar-refractivity contribution in [1.82, 2.24) is 19.9 Å². The minimum atomic E-state index is -0.0127. The molecule has 0 atom stereocenters. The molecular weight excluding hydrogens is 282 g/mol. The molecule has 3 aromatic rings. The van der Waals surface area contributed by atoms with Crippen LogP contribution in [0.4, 0.5) is 5.82 Å². The van der Waals surface area contributed by atoms with Crippen LogP contribution in [-0.4, -0.2) is 44.0 Å². The Morgan fingerprint density at radius 3 is 3.00 bits per heavy atom. The SMILES string of the molecule is CC(=O)c1cccc(-c2nc(NCCO)c3[nH]cnc3n2)c1. The standard InChI is InChI=1S/C15H15N5O2/c1-9(22)10-3-2-4-11(7-10)13-19-14(16-5-6-21)12-15(20-13)18-8-17-12/h2-4,7-8,21H,5-6H2,1H3,(H2,16,17,18,19,20). The highest BCUT2D eigenvalue weighted by molar-refractivity contribution is 5.95. The Hall–Kier alpha value is -2.80. The number of aromatic nitrogens is 4. The van der Waals surface area contributed by atoms with Crippen LogP contribution in [0.15, 0.2) is 30.6 Å². The number of fused-ring (bicyclic) bond motifs is 1. The zero-order valence-corrected chi connectivity index (χ0v) is 12.0. The number of hydrogen-bond donors (Lipinski definition) is 3. The van der Waals surface area contributed by atoms with Crippen molar-refractivity contribution in [3.05, 3.63) is 36.2 Å². The van der Waals surface area contributed by atoms with E-state index in [2.05, 4.69) is 25.3 Å². The fraction of sp³-hybridized carbons (Fsp3) is 0.200. The molecule has 22 heavy (non-hydrogen) atoms. The molecule has 0 aliphatic carbocycles. The summed E-state index contributed by atoms with van der Waals surface area (Å²) < 4.78 is 0. The van der Waals surface area contributed by atoms with E-state index in [0.717, 1.165) is 5.56 Å². The molecule has 112 valence electrons. The van der Waals surface area contributed by atoms with Gasteiger partial charge in [0.2, 0.25) is 0 Å². The van der Waals surface area contributed by atoms with Gasteiger partial charge in [-0.1, -0.05) is 18.2 Å². The van der Waals surface area contributed by atoms with Crippen LogP contribution in [0.25, 0.3) is 22.6 Å². The highest BCUT2D eigenvalue weighted by Crippen LogP contribution is 2.23. The first-order valence-electron chi connectivity index (χ1n) is 6.86. The predicted octanol–water partition coefficient (Wildman–Crippen LogP) is 1.63. The summed E-state index contributed by atoms with van der Waals surface area (Å²) in [6.07, 6.45) is 1.54. The molecular formula is C15H15N5O2. The first-order valence-corrected chi connectivity index (χ1v) is 6.86. The second-order valence-electron chi connectivity index (χ2n) is 4.78. The summed E-state index contributed by atoms with van der Waals surface area (Å²) in [6.45, 7) is 1.89. The van der Waals surface area contributed by atoms with Crippen LogP contribution in [0, 0.1) is 0 Å². The van der Waals surface area contributed by atoms with Gasteiger partial charge in [0.15, 0.2) is 23.1 Å². The maximum absolute atomic E-state index is 11.5. The van der Waals surface area contributed by atoms with E-state index in [0.29, 0.717) is 34.9 Å². The highest BCUT2D eigenvalue weighted by Gasteiger charge is 2.12. The molecule has 0 amide bonds. The lowest BCUT2D eigenvalue weighted by atomic mass is 10.1. The molecule has 0 aliphatic heterocycles. The summed E-state index contributed by atoms with van der Waals surface area (Å²) >= 11 is 0. The number of anilines is 1. The highest BCUT2D eigenvalue weighted by atomic mass is 16.3. The number of aliphatic hydroxyl groups is 1. The number of nitrogens with zero attached hydrogens (tertiary/aromatic N) is 3. The number of benzene rings is 1. The molecule has 0 saturated carbocycles. The maximum Gasteiger partial charge on any atom is 0.183 e. The van der Waals surface area contributed by atoms with Gasteiger partial charge in [-0.15, -0.1) is 0 Å². The molecule has 7 heteroatoms. The van der Waals surface area contributed by atoms with Crippen molar-refractivity contribution in [3.8, 4) is 11.4 Å². The number of hydrogen-bond acceptors (Lipinski definition) is 6. The number of nitrogens with one attached hydrogen (secondary N) is 2. The van der Waals surface area contributed by atoms with Crippen molar-refractivity contribution in [2.75, 3.05) is 18.5 Å². The average molecular weight is 297 g/mol. The van der Waals surface area contributed by atoms with E-state index in [9.17, 15) is 4.79 Å². The van der Waals surface area contributed by atoms with Gasteiger partial charge in [-0.25, -0.2) is 15.0 Å². The molecule has 0 unspecified atom stereocenters. The Bertz CT molecular complexity index is 828. The lowest BCUT2D eigenvalue weighted by Gasteiger charge is -2.07. The third-order valence-electron chi connectivity index (χ3n) is 3.22. The van der Waals surface area contributed by atoms with E-state index >= 15 is 0 Å². The molecule has 2 aromatic heterocycles. The van der Waals surface area contributed by atoms with Crippen LogP contribution >= 0.6 is 0 Å². The van der Waals surface area contributed by atoms with E-state index < -0.39 is 0 Å². The van der Waals surface area contributed by atoms with E-state index in [1.54, 1.807) is 24.5 Å². The van der Waals surface area contributed by atoms with Gasteiger partial charge < -0.3 is 15.4 Å². The summed E-state index contributed by atoms with van der Waals surface area (Å²) in [5.74, 6) is 1.03. The largest absolute Gasteiger partial charge is 0.395 e. The zero-order chi connectivity index (χ0) is 15.5. The number of Topliss-reactive ketones (excluding diaryl/α,β-unsaturated/α-hetero) is 1. The number of imidazole rings is 1. The van der Waals surface area contributed by atoms with Crippen molar-refractivity contribution in [2.24, 2.45) is 0 Å². The Morgan fingerprint density at radius 1 is 1.36 bits per heavy atom. The minimum absolute atomic E-state index is 0.00517. The maximum atomic E-state index is 11.5. The number of aliphatic hydroxyl groups excluding tert-OH is 1. The van der Waals surface area contributed by atoms with Crippen LogP contribution < -0.4 is 5.32 Å². The smallest absolute Gasteiger partial charge is 0.183 e. The van der Waals surface area contributed by atoms with Crippen molar-refractivity contribution >= 4 is 22.8 Å². The molecule has 2 heterocycles. The molecule has 0 bridgehead atoms. The predicted molar refractivity (Wildman–Crippen MR) is 82.7 cm³/mol. The van der Waals surface area contributed by atoms with Gasteiger partial charge >= 0.3 is 0 Å². The second-order valence-corrected chi connectivity index (χ2v) is 4.78. The number of aromatic amines is 1. The van der Waals surface area contributed by atoms with Gasteiger partial charge in [0, 0.05) is 17.7 Å². The molecule has 3 N–H and O–H groups in total. The fourth-order valence-corrected chi connectivity index (χ4v) is 2.14. The van der Waals surface area contributed by atoms with Crippen molar-refractivity contribution in [2.45, 2.75) is 6.92 Å². The Labute approximate surface area is 126 Å². The lowest BCUT2D eigenvalue weighted by molar-refractivity contribution is 0.101. The number of ketones is 1. The molecule has 0 fully saturated rings. The monoisotopic (exact) mass is 297 g/mol. The van der Waals surface area contributed by atoms with Gasteiger partial charge in [0.25, 0.3) is 0 Å².